The molecule has 2 aromatic rings. The van der Waals surface area contributed by atoms with E-state index in [0.29, 0.717) is 5.92 Å². The molecule has 1 aliphatic heterocycles. The number of rotatable bonds is 5. The molecule has 1 saturated carbocycles. The molecule has 0 bridgehead atoms. The summed E-state index contributed by atoms with van der Waals surface area (Å²) in [7, 11) is 0. The lowest BCUT2D eigenvalue weighted by molar-refractivity contribution is 0.234. The molecule has 1 fully saturated rings. The van der Waals surface area contributed by atoms with Gasteiger partial charge in [0.2, 0.25) is 0 Å². The number of anilines is 1. The fourth-order valence-electron chi connectivity index (χ4n) is 3.42. The molecule has 110 valence electrons. The second-order valence-corrected chi connectivity index (χ2v) is 7.07. The minimum atomic E-state index is 0.682. The van der Waals surface area contributed by atoms with E-state index >= 15 is 0 Å². The summed E-state index contributed by atoms with van der Waals surface area (Å²) in [6, 6.07) is 11.9. The lowest BCUT2D eigenvalue weighted by Crippen LogP contribution is -2.32. The van der Waals surface area contributed by atoms with E-state index in [9.17, 15) is 0 Å². The van der Waals surface area contributed by atoms with Crippen molar-refractivity contribution in [1.29, 1.82) is 0 Å². The van der Waals surface area contributed by atoms with Crippen LogP contribution in [0.2, 0.25) is 0 Å². The number of hydrogen-bond acceptors (Lipinski definition) is 3. The van der Waals surface area contributed by atoms with Crippen LogP contribution in [0.15, 0.2) is 41.1 Å². The summed E-state index contributed by atoms with van der Waals surface area (Å²) in [5.74, 6) is 0.682. The zero-order valence-electron chi connectivity index (χ0n) is 12.3. The van der Waals surface area contributed by atoms with Gasteiger partial charge in [0.1, 0.15) is 0 Å². The fraction of sp³-hybridized carbons (Fsp3) is 0.444. The number of para-hydroxylation sites is 1. The van der Waals surface area contributed by atoms with E-state index in [1.807, 2.05) is 11.3 Å². The fourth-order valence-corrected chi connectivity index (χ4v) is 4.08. The summed E-state index contributed by atoms with van der Waals surface area (Å²) in [5.41, 5.74) is 4.34. The Morgan fingerprint density at radius 3 is 2.86 bits per heavy atom. The number of nitrogens with zero attached hydrogens (tertiary/aromatic N) is 1. The molecular weight excluding hydrogens is 276 g/mol. The third kappa shape index (κ3) is 2.99. The molecule has 1 N–H and O–H groups in total. The van der Waals surface area contributed by atoms with Gasteiger partial charge in [0.05, 0.1) is 0 Å². The molecule has 1 aliphatic carbocycles. The smallest absolute Gasteiger partial charge is 0.0376 e. The van der Waals surface area contributed by atoms with Gasteiger partial charge in [0.25, 0.3) is 0 Å². The monoisotopic (exact) mass is 298 g/mol. The van der Waals surface area contributed by atoms with Crippen molar-refractivity contribution in [2.45, 2.75) is 37.8 Å². The quantitative estimate of drug-likeness (QED) is 0.884. The van der Waals surface area contributed by atoms with Crippen LogP contribution < -0.4 is 5.32 Å². The second kappa shape index (κ2) is 5.82. The van der Waals surface area contributed by atoms with Gasteiger partial charge in [-0.05, 0) is 53.3 Å². The number of nitrogens with one attached hydrogen (secondary N) is 1. The first-order valence-electron chi connectivity index (χ1n) is 7.98. The van der Waals surface area contributed by atoms with Gasteiger partial charge in [-0.3, -0.25) is 4.90 Å². The van der Waals surface area contributed by atoms with Gasteiger partial charge >= 0.3 is 0 Å². The predicted molar refractivity (Wildman–Crippen MR) is 90.0 cm³/mol. The van der Waals surface area contributed by atoms with Crippen molar-refractivity contribution < 1.29 is 0 Å². The largest absolute Gasteiger partial charge is 0.385 e. The molecule has 1 unspecified atom stereocenters. The molecule has 1 aromatic carbocycles. The Morgan fingerprint density at radius 1 is 1.14 bits per heavy atom. The zero-order valence-corrected chi connectivity index (χ0v) is 13.1. The number of thiophene rings is 1. The molecule has 2 aliphatic rings. The van der Waals surface area contributed by atoms with Crippen molar-refractivity contribution >= 4 is 17.0 Å². The van der Waals surface area contributed by atoms with Crippen LogP contribution in [0.4, 0.5) is 5.69 Å². The lowest BCUT2D eigenvalue weighted by atomic mass is 9.90. The van der Waals surface area contributed by atoms with Crippen LogP contribution in [0.5, 0.6) is 0 Å². The molecule has 2 heterocycles. The number of fused-ring (bicyclic) bond motifs is 1. The molecule has 0 saturated heterocycles. The third-order valence-corrected chi connectivity index (χ3v) is 5.42. The number of benzene rings is 1. The minimum absolute atomic E-state index is 0.682. The van der Waals surface area contributed by atoms with E-state index in [-0.39, 0.29) is 0 Å². The maximum atomic E-state index is 3.54. The third-order valence-electron chi connectivity index (χ3n) is 4.69. The van der Waals surface area contributed by atoms with Crippen molar-refractivity contribution in [3.63, 3.8) is 0 Å². The Balaban J connectivity index is 1.51. The summed E-state index contributed by atoms with van der Waals surface area (Å²) in [6.45, 7) is 3.44. The SMILES string of the molecule is c1ccc2c(c1)NCCC2CN(Cc1ccsc1)C1CC1. The summed E-state index contributed by atoms with van der Waals surface area (Å²) in [4.78, 5) is 2.72. The normalized spacial score (nSPS) is 21.1. The van der Waals surface area contributed by atoms with Crippen molar-refractivity contribution in [3.8, 4) is 0 Å². The van der Waals surface area contributed by atoms with Crippen LogP contribution >= 0.6 is 11.3 Å². The minimum Gasteiger partial charge on any atom is -0.385 e. The van der Waals surface area contributed by atoms with Gasteiger partial charge in [-0.1, -0.05) is 18.2 Å². The van der Waals surface area contributed by atoms with Gasteiger partial charge in [0, 0.05) is 37.3 Å². The lowest BCUT2D eigenvalue weighted by Gasteiger charge is -2.32. The average molecular weight is 298 g/mol. The molecule has 3 heteroatoms. The molecule has 21 heavy (non-hydrogen) atoms. The molecule has 4 rings (SSSR count). The predicted octanol–water partition coefficient (Wildman–Crippen LogP) is 4.31. The average Bonchev–Trinajstić information content (AvgIpc) is 3.25. The van der Waals surface area contributed by atoms with Gasteiger partial charge in [-0.15, -0.1) is 0 Å². The summed E-state index contributed by atoms with van der Waals surface area (Å²) >= 11 is 1.81. The second-order valence-electron chi connectivity index (χ2n) is 6.29. The highest BCUT2D eigenvalue weighted by molar-refractivity contribution is 7.07. The standard InChI is InChI=1S/C18H22N2S/c1-2-4-18-17(3-1)15(7-9-19-18)12-20(16-5-6-16)11-14-8-10-21-13-14/h1-4,8,10,13,15-16,19H,5-7,9,11-12H2. The van der Waals surface area contributed by atoms with Crippen LogP contribution in [0, 0.1) is 0 Å². The van der Waals surface area contributed by atoms with Gasteiger partial charge < -0.3 is 5.32 Å². The first-order chi connectivity index (χ1) is 10.4. The van der Waals surface area contributed by atoms with Gasteiger partial charge in [-0.25, -0.2) is 0 Å². The molecule has 1 aromatic heterocycles. The molecule has 0 amide bonds. The van der Waals surface area contributed by atoms with Gasteiger partial charge in [-0.2, -0.15) is 11.3 Å². The van der Waals surface area contributed by atoms with Crippen LogP contribution in [-0.2, 0) is 6.54 Å². The Bertz CT molecular complexity index is 589. The first-order valence-corrected chi connectivity index (χ1v) is 8.92. The summed E-state index contributed by atoms with van der Waals surface area (Å²) < 4.78 is 0. The maximum absolute atomic E-state index is 3.54. The molecular formula is C18H22N2S. The van der Waals surface area contributed by atoms with Crippen molar-refractivity contribution in [3.05, 3.63) is 52.2 Å². The summed E-state index contributed by atoms with van der Waals surface area (Å²) in [6.07, 6.45) is 4.03. The Kier molecular flexibility index (Phi) is 3.70. The topological polar surface area (TPSA) is 15.3 Å². The van der Waals surface area contributed by atoms with Crippen LogP contribution in [0.25, 0.3) is 0 Å². The Labute approximate surface area is 130 Å². The highest BCUT2D eigenvalue weighted by Crippen LogP contribution is 2.36. The maximum Gasteiger partial charge on any atom is 0.0376 e. The van der Waals surface area contributed by atoms with E-state index in [2.05, 4.69) is 51.3 Å². The van der Waals surface area contributed by atoms with E-state index in [1.54, 1.807) is 0 Å². The first kappa shape index (κ1) is 13.4. The van der Waals surface area contributed by atoms with Crippen molar-refractivity contribution in [2.24, 2.45) is 0 Å². The van der Waals surface area contributed by atoms with Crippen LogP contribution in [0.3, 0.4) is 0 Å². The molecule has 0 spiro atoms. The Hall–Kier alpha value is -1.32. The van der Waals surface area contributed by atoms with Crippen molar-refractivity contribution in [1.82, 2.24) is 4.90 Å². The zero-order chi connectivity index (χ0) is 14.1. The molecule has 0 radical (unpaired) electrons. The molecule has 2 nitrogen and oxygen atoms in total. The Morgan fingerprint density at radius 2 is 2.05 bits per heavy atom. The number of hydrogen-bond donors (Lipinski definition) is 1. The van der Waals surface area contributed by atoms with E-state index in [0.717, 1.165) is 19.1 Å². The highest BCUT2D eigenvalue weighted by Gasteiger charge is 2.32. The van der Waals surface area contributed by atoms with Crippen molar-refractivity contribution in [2.75, 3.05) is 18.4 Å². The van der Waals surface area contributed by atoms with E-state index < -0.39 is 0 Å². The van der Waals surface area contributed by atoms with Gasteiger partial charge in [0.15, 0.2) is 0 Å². The van der Waals surface area contributed by atoms with E-state index in [4.69, 9.17) is 0 Å². The highest BCUT2D eigenvalue weighted by atomic mass is 32.1. The molecule has 1 atom stereocenters. The van der Waals surface area contributed by atoms with E-state index in [1.165, 1.54) is 42.6 Å². The van der Waals surface area contributed by atoms with Crippen LogP contribution in [0.1, 0.15) is 36.3 Å². The summed E-state index contributed by atoms with van der Waals surface area (Å²) in [5, 5.41) is 8.03. The van der Waals surface area contributed by atoms with Crippen LogP contribution in [-0.4, -0.2) is 24.0 Å².